The molecule has 0 aliphatic heterocycles. The summed E-state index contributed by atoms with van der Waals surface area (Å²) in [7, 11) is 0. The molecule has 1 aromatic rings. The van der Waals surface area contributed by atoms with Crippen LogP contribution in [-0.4, -0.2) is 35.9 Å². The number of carboxylic acid groups (broad SMARTS) is 1. The first-order valence-corrected chi connectivity index (χ1v) is 7.33. The van der Waals surface area contributed by atoms with E-state index in [1.54, 1.807) is 45.1 Å². The van der Waals surface area contributed by atoms with Crippen LogP contribution in [0.5, 0.6) is 5.75 Å². The number of benzene rings is 1. The zero-order chi connectivity index (χ0) is 17.5. The minimum absolute atomic E-state index is 0.260. The van der Waals surface area contributed by atoms with E-state index in [9.17, 15) is 9.59 Å². The lowest BCUT2D eigenvalue weighted by Crippen LogP contribution is -2.32. The Bertz CT molecular complexity index is 593. The van der Waals surface area contributed by atoms with Gasteiger partial charge in [-0.05, 0) is 39.0 Å². The Kier molecular flexibility index (Phi) is 6.90. The fourth-order valence-electron chi connectivity index (χ4n) is 1.55. The molecule has 7 heteroatoms. The maximum Gasteiger partial charge on any atom is 0.407 e. The van der Waals surface area contributed by atoms with Crippen LogP contribution in [0.1, 0.15) is 26.3 Å². The SMILES string of the molecule is CC(C)(C)OC(=O)NCC=Cc1ccc(Cl)cc1OCC(=O)O. The Balaban J connectivity index is 2.62. The lowest BCUT2D eigenvalue weighted by molar-refractivity contribution is -0.139. The van der Waals surface area contributed by atoms with E-state index in [1.807, 2.05) is 0 Å². The topological polar surface area (TPSA) is 84.9 Å². The molecule has 6 nitrogen and oxygen atoms in total. The lowest BCUT2D eigenvalue weighted by Gasteiger charge is -2.19. The van der Waals surface area contributed by atoms with Crippen molar-refractivity contribution in [3.63, 3.8) is 0 Å². The number of carbonyl (C=O) groups excluding carboxylic acids is 1. The number of hydrogen-bond acceptors (Lipinski definition) is 4. The molecule has 1 aromatic carbocycles. The highest BCUT2D eigenvalue weighted by Crippen LogP contribution is 2.24. The summed E-state index contributed by atoms with van der Waals surface area (Å²) < 4.78 is 10.3. The molecule has 0 saturated carbocycles. The van der Waals surface area contributed by atoms with Crippen LogP contribution in [0, 0.1) is 0 Å². The van der Waals surface area contributed by atoms with E-state index in [4.69, 9.17) is 26.2 Å². The molecule has 126 valence electrons. The molecular weight excluding hydrogens is 322 g/mol. The minimum atomic E-state index is -1.08. The van der Waals surface area contributed by atoms with E-state index >= 15 is 0 Å². The second kappa shape index (κ2) is 8.43. The summed E-state index contributed by atoms with van der Waals surface area (Å²) in [5, 5.41) is 11.7. The Labute approximate surface area is 140 Å². The van der Waals surface area contributed by atoms with Gasteiger partial charge in [0.25, 0.3) is 0 Å². The third-order valence-corrected chi connectivity index (χ3v) is 2.62. The molecule has 2 N–H and O–H groups in total. The first-order chi connectivity index (χ1) is 10.7. The molecule has 0 atom stereocenters. The number of ether oxygens (including phenoxy) is 2. The average Bonchev–Trinajstić information content (AvgIpc) is 2.41. The number of nitrogens with one attached hydrogen (secondary N) is 1. The van der Waals surface area contributed by atoms with Crippen molar-refractivity contribution in [2.75, 3.05) is 13.2 Å². The predicted molar refractivity (Wildman–Crippen MR) is 87.9 cm³/mol. The molecule has 0 aliphatic carbocycles. The number of amides is 1. The Morgan fingerprint density at radius 3 is 2.65 bits per heavy atom. The number of alkyl carbamates (subject to hydrolysis) is 1. The number of carboxylic acids is 1. The van der Waals surface area contributed by atoms with Crippen LogP contribution in [0.15, 0.2) is 24.3 Å². The van der Waals surface area contributed by atoms with Crippen molar-refractivity contribution in [2.45, 2.75) is 26.4 Å². The molecule has 0 fully saturated rings. The Hall–Kier alpha value is -2.21. The van der Waals surface area contributed by atoms with Crippen LogP contribution in [0.4, 0.5) is 4.79 Å². The fourth-order valence-corrected chi connectivity index (χ4v) is 1.71. The van der Waals surface area contributed by atoms with E-state index in [2.05, 4.69) is 5.32 Å². The van der Waals surface area contributed by atoms with Gasteiger partial charge < -0.3 is 19.9 Å². The van der Waals surface area contributed by atoms with Gasteiger partial charge in [-0.25, -0.2) is 9.59 Å². The summed E-state index contributed by atoms with van der Waals surface area (Å²) in [6, 6.07) is 4.89. The summed E-state index contributed by atoms with van der Waals surface area (Å²) in [6.07, 6.45) is 2.88. The number of rotatable bonds is 6. The van der Waals surface area contributed by atoms with E-state index in [-0.39, 0.29) is 6.54 Å². The van der Waals surface area contributed by atoms with E-state index in [0.717, 1.165) is 0 Å². The van der Waals surface area contributed by atoms with Gasteiger partial charge in [-0.2, -0.15) is 0 Å². The summed E-state index contributed by atoms with van der Waals surface area (Å²) in [5.74, 6) is -0.722. The molecule has 1 rings (SSSR count). The van der Waals surface area contributed by atoms with Crippen LogP contribution in [0.2, 0.25) is 5.02 Å². The van der Waals surface area contributed by atoms with Crippen LogP contribution in [0.25, 0.3) is 6.08 Å². The fraction of sp³-hybridized carbons (Fsp3) is 0.375. The van der Waals surface area contributed by atoms with E-state index < -0.39 is 24.3 Å². The maximum absolute atomic E-state index is 11.5. The first kappa shape index (κ1) is 18.8. The number of halogens is 1. The molecule has 0 saturated heterocycles. The molecule has 0 spiro atoms. The summed E-state index contributed by atoms with van der Waals surface area (Å²) >= 11 is 5.87. The van der Waals surface area contributed by atoms with Crippen molar-refractivity contribution >= 4 is 29.7 Å². The molecular formula is C16H20ClNO5. The second-order valence-corrected chi connectivity index (χ2v) is 6.09. The molecule has 0 bridgehead atoms. The van der Waals surface area contributed by atoms with Gasteiger partial charge in [-0.15, -0.1) is 0 Å². The number of aliphatic carboxylic acids is 1. The van der Waals surface area contributed by atoms with Gasteiger partial charge in [-0.1, -0.05) is 23.8 Å². The normalized spacial score (nSPS) is 11.3. The highest BCUT2D eigenvalue weighted by molar-refractivity contribution is 6.30. The largest absolute Gasteiger partial charge is 0.481 e. The molecule has 0 aliphatic rings. The van der Waals surface area contributed by atoms with E-state index in [0.29, 0.717) is 16.3 Å². The average molecular weight is 342 g/mol. The van der Waals surface area contributed by atoms with Crippen LogP contribution >= 0.6 is 11.6 Å². The number of hydrogen-bond donors (Lipinski definition) is 2. The molecule has 1 amide bonds. The van der Waals surface area contributed by atoms with Crippen molar-refractivity contribution in [1.82, 2.24) is 5.32 Å². The van der Waals surface area contributed by atoms with Crippen LogP contribution < -0.4 is 10.1 Å². The van der Waals surface area contributed by atoms with Crippen molar-refractivity contribution < 1.29 is 24.2 Å². The van der Waals surface area contributed by atoms with Crippen molar-refractivity contribution in [3.8, 4) is 5.75 Å². The van der Waals surface area contributed by atoms with Gasteiger partial charge in [0.1, 0.15) is 11.4 Å². The number of carbonyl (C=O) groups is 2. The minimum Gasteiger partial charge on any atom is -0.481 e. The van der Waals surface area contributed by atoms with Crippen molar-refractivity contribution in [1.29, 1.82) is 0 Å². The second-order valence-electron chi connectivity index (χ2n) is 5.65. The van der Waals surface area contributed by atoms with Gasteiger partial charge >= 0.3 is 12.1 Å². The van der Waals surface area contributed by atoms with Crippen molar-refractivity contribution in [3.05, 3.63) is 34.9 Å². The van der Waals surface area contributed by atoms with Gasteiger partial charge in [-0.3, -0.25) is 0 Å². The first-order valence-electron chi connectivity index (χ1n) is 6.95. The zero-order valence-electron chi connectivity index (χ0n) is 13.3. The Morgan fingerprint density at radius 1 is 1.35 bits per heavy atom. The standard InChI is InChI=1S/C16H20ClNO5/c1-16(2,3)23-15(21)18-8-4-5-11-6-7-12(17)9-13(11)22-10-14(19)20/h4-7,9H,8,10H2,1-3H3,(H,18,21)(H,19,20). The summed E-state index contributed by atoms with van der Waals surface area (Å²) in [6.45, 7) is 5.14. The molecule has 0 unspecified atom stereocenters. The Morgan fingerprint density at radius 2 is 2.04 bits per heavy atom. The van der Waals surface area contributed by atoms with Gasteiger partial charge in [0.15, 0.2) is 6.61 Å². The summed E-state index contributed by atoms with van der Waals surface area (Å²) in [5.41, 5.74) is 0.101. The smallest absolute Gasteiger partial charge is 0.407 e. The van der Waals surface area contributed by atoms with Gasteiger partial charge in [0.2, 0.25) is 0 Å². The lowest BCUT2D eigenvalue weighted by atomic mass is 10.2. The van der Waals surface area contributed by atoms with Gasteiger partial charge in [0.05, 0.1) is 0 Å². The third-order valence-electron chi connectivity index (χ3n) is 2.39. The third kappa shape index (κ3) is 8.11. The highest BCUT2D eigenvalue weighted by atomic mass is 35.5. The maximum atomic E-state index is 11.5. The van der Waals surface area contributed by atoms with Crippen LogP contribution in [0.3, 0.4) is 0 Å². The zero-order valence-corrected chi connectivity index (χ0v) is 14.0. The van der Waals surface area contributed by atoms with Crippen molar-refractivity contribution in [2.24, 2.45) is 0 Å². The van der Waals surface area contributed by atoms with E-state index in [1.165, 1.54) is 6.07 Å². The quantitative estimate of drug-likeness (QED) is 0.828. The van der Waals surface area contributed by atoms with Crippen LogP contribution in [-0.2, 0) is 9.53 Å². The summed E-state index contributed by atoms with van der Waals surface area (Å²) in [4.78, 5) is 22.1. The monoisotopic (exact) mass is 341 g/mol. The predicted octanol–water partition coefficient (Wildman–Crippen LogP) is 3.34. The molecule has 23 heavy (non-hydrogen) atoms. The molecule has 0 heterocycles. The highest BCUT2D eigenvalue weighted by Gasteiger charge is 2.15. The molecule has 0 aromatic heterocycles. The van der Waals surface area contributed by atoms with Gasteiger partial charge in [0, 0.05) is 17.1 Å². The molecule has 0 radical (unpaired) electrons.